The number of aromatic nitrogens is 5. The van der Waals surface area contributed by atoms with Gasteiger partial charge in [0.05, 0.1) is 29.2 Å². The number of thiazole rings is 2. The van der Waals surface area contributed by atoms with E-state index in [1.807, 2.05) is 56.4 Å². The van der Waals surface area contributed by atoms with Crippen molar-refractivity contribution in [3.8, 4) is 32.8 Å². The second-order valence-corrected chi connectivity index (χ2v) is 12.4. The van der Waals surface area contributed by atoms with Crippen LogP contribution in [-0.2, 0) is 6.61 Å². The van der Waals surface area contributed by atoms with E-state index in [-0.39, 0.29) is 5.91 Å². The number of carbonyl (C=O) groups is 1. The van der Waals surface area contributed by atoms with Gasteiger partial charge in [-0.15, -0.1) is 22.7 Å². The van der Waals surface area contributed by atoms with E-state index in [0.29, 0.717) is 23.7 Å². The molecule has 12 heteroatoms. The molecule has 9 nitrogen and oxygen atoms in total. The van der Waals surface area contributed by atoms with Gasteiger partial charge in [0.15, 0.2) is 0 Å². The third kappa shape index (κ3) is 4.86. The zero-order valence-electron chi connectivity index (χ0n) is 21.9. The van der Waals surface area contributed by atoms with Gasteiger partial charge in [-0.1, -0.05) is 23.5 Å². The van der Waals surface area contributed by atoms with Crippen molar-refractivity contribution >= 4 is 55.1 Å². The number of rotatable bonds is 7. The van der Waals surface area contributed by atoms with Gasteiger partial charge in [0.25, 0.3) is 5.91 Å². The maximum absolute atomic E-state index is 12.2. The van der Waals surface area contributed by atoms with Crippen LogP contribution in [0.4, 0.5) is 0 Å². The smallest absolute Gasteiger partial charge is 0.253 e. The van der Waals surface area contributed by atoms with E-state index in [1.165, 1.54) is 11.3 Å². The maximum atomic E-state index is 12.2. The van der Waals surface area contributed by atoms with Crippen molar-refractivity contribution in [2.45, 2.75) is 20.5 Å². The molecule has 39 heavy (non-hydrogen) atoms. The molecule has 0 aliphatic rings. The molecule has 0 unspecified atom stereocenters. The molecule has 0 aliphatic heterocycles. The second-order valence-electron chi connectivity index (χ2n) is 9.05. The fraction of sp³-hybridized carbons (Fsp3) is 0.222. The summed E-state index contributed by atoms with van der Waals surface area (Å²) in [5, 5.41) is 7.09. The number of nitrogens with zero attached hydrogens (tertiary/aromatic N) is 6. The molecule has 0 spiro atoms. The zero-order valence-corrected chi connectivity index (χ0v) is 24.3. The van der Waals surface area contributed by atoms with Crippen LogP contribution in [0, 0.1) is 13.8 Å². The molecular weight excluding hydrogens is 553 g/mol. The van der Waals surface area contributed by atoms with Crippen molar-refractivity contribution in [1.82, 2.24) is 29.5 Å². The molecule has 0 saturated heterocycles. The largest absolute Gasteiger partial charge is 0.497 e. The Labute approximate surface area is 236 Å². The topological polar surface area (TPSA) is 94.7 Å². The number of imidazole rings is 1. The third-order valence-electron chi connectivity index (χ3n) is 6.07. The number of methoxy groups -OCH3 is 1. The minimum Gasteiger partial charge on any atom is -0.497 e. The van der Waals surface area contributed by atoms with Gasteiger partial charge in [-0.25, -0.2) is 19.5 Å². The van der Waals surface area contributed by atoms with E-state index in [4.69, 9.17) is 24.4 Å². The van der Waals surface area contributed by atoms with Crippen molar-refractivity contribution < 1.29 is 14.3 Å². The number of fused-ring (bicyclic) bond motifs is 2. The second kappa shape index (κ2) is 10.0. The lowest BCUT2D eigenvalue weighted by molar-refractivity contribution is 0.0827. The van der Waals surface area contributed by atoms with Crippen LogP contribution in [0.5, 0.6) is 11.5 Å². The summed E-state index contributed by atoms with van der Waals surface area (Å²) in [5.74, 6) is 1.32. The average Bonchev–Trinajstić information content (AvgIpc) is 3.69. The number of hydrogen-bond acceptors (Lipinski definition) is 10. The summed E-state index contributed by atoms with van der Waals surface area (Å²) in [6.45, 7) is 4.30. The minimum atomic E-state index is -0.0266. The van der Waals surface area contributed by atoms with Crippen LogP contribution in [0.15, 0.2) is 42.6 Å². The Morgan fingerprint density at radius 2 is 1.79 bits per heavy atom. The van der Waals surface area contributed by atoms with E-state index in [1.54, 1.807) is 53.3 Å². The molecule has 0 bridgehead atoms. The van der Waals surface area contributed by atoms with Crippen molar-refractivity contribution in [2.24, 2.45) is 0 Å². The van der Waals surface area contributed by atoms with Crippen molar-refractivity contribution in [3.05, 3.63) is 63.7 Å². The van der Waals surface area contributed by atoms with Gasteiger partial charge in [-0.3, -0.25) is 4.79 Å². The summed E-state index contributed by atoms with van der Waals surface area (Å²) in [6, 6.07) is 11.3. The summed E-state index contributed by atoms with van der Waals surface area (Å²) in [5.41, 5.74) is 4.03. The fourth-order valence-electron chi connectivity index (χ4n) is 4.06. The lowest BCUT2D eigenvalue weighted by atomic mass is 10.1. The monoisotopic (exact) mass is 576 g/mol. The zero-order chi connectivity index (χ0) is 27.3. The molecule has 4 aromatic heterocycles. The molecule has 0 N–H and O–H groups in total. The quantitative estimate of drug-likeness (QED) is 0.227. The Bertz CT molecular complexity index is 1800. The van der Waals surface area contributed by atoms with E-state index in [0.717, 1.165) is 52.0 Å². The first kappa shape index (κ1) is 25.4. The highest BCUT2D eigenvalue weighted by atomic mass is 32.1. The van der Waals surface area contributed by atoms with Crippen molar-refractivity contribution in [3.63, 3.8) is 0 Å². The molecule has 1 amide bonds. The Kier molecular flexibility index (Phi) is 6.53. The summed E-state index contributed by atoms with van der Waals surface area (Å²) in [4.78, 5) is 30.0. The van der Waals surface area contributed by atoms with E-state index in [2.05, 4.69) is 5.10 Å². The van der Waals surface area contributed by atoms with Gasteiger partial charge in [0.2, 0.25) is 4.96 Å². The van der Waals surface area contributed by atoms with Crippen LogP contribution in [0.2, 0.25) is 0 Å². The number of hydrogen-bond donors (Lipinski definition) is 0. The molecule has 0 aliphatic carbocycles. The number of amides is 1. The Balaban J connectivity index is 1.26. The van der Waals surface area contributed by atoms with Crippen molar-refractivity contribution in [1.29, 1.82) is 0 Å². The highest BCUT2D eigenvalue weighted by Crippen LogP contribution is 2.39. The van der Waals surface area contributed by atoms with E-state index < -0.39 is 0 Å². The lowest BCUT2D eigenvalue weighted by Gasteiger charge is -2.10. The number of carbonyl (C=O) groups excluding carboxylic acids is 1. The number of ether oxygens (including phenoxy) is 2. The van der Waals surface area contributed by atoms with Gasteiger partial charge in [-0.2, -0.15) is 5.10 Å². The predicted molar refractivity (Wildman–Crippen MR) is 155 cm³/mol. The Morgan fingerprint density at radius 3 is 2.51 bits per heavy atom. The molecular formula is C27H24N6O3S3. The molecule has 6 aromatic rings. The van der Waals surface area contributed by atoms with Crippen LogP contribution < -0.4 is 9.47 Å². The highest BCUT2D eigenvalue weighted by Gasteiger charge is 2.18. The summed E-state index contributed by atoms with van der Waals surface area (Å²) in [7, 11) is 5.12. The van der Waals surface area contributed by atoms with Gasteiger partial charge in [0, 0.05) is 42.2 Å². The van der Waals surface area contributed by atoms with Crippen LogP contribution in [-0.4, -0.2) is 56.6 Å². The van der Waals surface area contributed by atoms with Gasteiger partial charge in [-0.05, 0) is 26.0 Å². The summed E-state index contributed by atoms with van der Waals surface area (Å²) >= 11 is 4.67. The molecule has 0 atom stereocenters. The van der Waals surface area contributed by atoms with E-state index in [9.17, 15) is 4.79 Å². The van der Waals surface area contributed by atoms with Gasteiger partial charge >= 0.3 is 0 Å². The SMILES string of the molecule is COc1cc(OCc2nc(-c3ccc(C(=O)N(C)C)cc3)sc2C)c2sc(-c3cn4nc(C)sc4n3)nc2c1. The molecule has 0 radical (unpaired) electrons. The first-order chi connectivity index (χ1) is 18.8. The summed E-state index contributed by atoms with van der Waals surface area (Å²) < 4.78 is 14.5. The van der Waals surface area contributed by atoms with Gasteiger partial charge in [0.1, 0.15) is 38.8 Å². The van der Waals surface area contributed by atoms with Crippen LogP contribution in [0.25, 0.3) is 36.5 Å². The normalized spacial score (nSPS) is 11.4. The van der Waals surface area contributed by atoms with Crippen LogP contribution in [0.1, 0.15) is 25.9 Å². The third-order valence-corrected chi connectivity index (χ3v) is 9.08. The number of aryl methyl sites for hydroxylation is 2. The molecule has 0 fully saturated rings. The Morgan fingerprint density at radius 1 is 1.00 bits per heavy atom. The first-order valence-corrected chi connectivity index (χ1v) is 14.5. The standard InChI is InChI=1S/C27H24N6O3S3/c1-14-21(29-24(37-14)16-6-8-17(9-7-16)26(34)32(3)4)13-36-22-11-18(35-5)10-19-23(22)39-25(28-19)20-12-33-27(30-20)38-15(2)31-33/h6-12H,13H2,1-5H3. The van der Waals surface area contributed by atoms with Crippen LogP contribution in [0.3, 0.4) is 0 Å². The average molecular weight is 577 g/mol. The predicted octanol–water partition coefficient (Wildman–Crippen LogP) is 6.10. The molecule has 0 saturated carbocycles. The molecule has 198 valence electrons. The van der Waals surface area contributed by atoms with E-state index >= 15 is 0 Å². The fourth-order valence-corrected chi connectivity index (χ4v) is 6.67. The first-order valence-electron chi connectivity index (χ1n) is 12.0. The summed E-state index contributed by atoms with van der Waals surface area (Å²) in [6.07, 6.45) is 1.90. The highest BCUT2D eigenvalue weighted by molar-refractivity contribution is 7.22. The molecule has 4 heterocycles. The molecule has 6 rings (SSSR count). The maximum Gasteiger partial charge on any atom is 0.253 e. The van der Waals surface area contributed by atoms with Crippen molar-refractivity contribution in [2.75, 3.05) is 21.2 Å². The minimum absolute atomic E-state index is 0.0266. The Hall–Kier alpha value is -3.87. The molecule has 2 aromatic carbocycles. The van der Waals surface area contributed by atoms with Crippen LogP contribution >= 0.6 is 34.0 Å². The van der Waals surface area contributed by atoms with Gasteiger partial charge < -0.3 is 14.4 Å². The number of benzene rings is 2. The lowest BCUT2D eigenvalue weighted by Crippen LogP contribution is -2.21.